The number of benzene rings is 1. The van der Waals surface area contributed by atoms with Crippen LogP contribution in [0.15, 0.2) is 40.2 Å². The van der Waals surface area contributed by atoms with Crippen LogP contribution in [0.4, 0.5) is 0 Å². The first-order chi connectivity index (χ1) is 13.7. The summed E-state index contributed by atoms with van der Waals surface area (Å²) in [4.78, 5) is 52.9. The molecule has 0 saturated heterocycles. The van der Waals surface area contributed by atoms with Crippen LogP contribution in [0.2, 0.25) is 0 Å². The van der Waals surface area contributed by atoms with E-state index in [1.807, 2.05) is 6.92 Å². The van der Waals surface area contributed by atoms with Crippen molar-refractivity contribution in [3.8, 4) is 0 Å². The Hall–Kier alpha value is -3.49. The molecule has 0 aliphatic carbocycles. The number of hydrogen-bond donors (Lipinski definition) is 0. The highest BCUT2D eigenvalue weighted by Gasteiger charge is 2.19. The van der Waals surface area contributed by atoms with Crippen LogP contribution >= 0.6 is 0 Å². The molecule has 0 spiro atoms. The Labute approximate surface area is 166 Å². The molecule has 3 aromatic rings. The molecule has 1 atom stereocenters. The van der Waals surface area contributed by atoms with Crippen molar-refractivity contribution < 1.29 is 14.3 Å². The molecule has 2 aromatic heterocycles. The van der Waals surface area contributed by atoms with Gasteiger partial charge in [0.05, 0.1) is 12.9 Å². The third kappa shape index (κ3) is 4.03. The van der Waals surface area contributed by atoms with E-state index in [2.05, 4.69) is 4.98 Å². The average Bonchev–Trinajstić information content (AvgIpc) is 3.08. The zero-order valence-corrected chi connectivity index (χ0v) is 16.7. The van der Waals surface area contributed by atoms with E-state index in [1.54, 1.807) is 31.2 Å². The van der Waals surface area contributed by atoms with E-state index in [0.29, 0.717) is 5.56 Å². The molecule has 0 fully saturated rings. The minimum atomic E-state index is -0.646. The quantitative estimate of drug-likeness (QED) is 0.348. The molecule has 1 unspecified atom stereocenters. The lowest BCUT2D eigenvalue weighted by Crippen LogP contribution is -2.37. The standard InChI is InChI=1S/C20H22N4O5/c1-12-5-7-14(8-6-12)15(25)9-16(26)29-13(2)10-24-11-21-18-17(24)19(27)23(4)20(28)22(18)3/h5-8,11,13H,9-10H2,1-4H3. The van der Waals surface area contributed by atoms with Gasteiger partial charge in [0.1, 0.15) is 12.5 Å². The van der Waals surface area contributed by atoms with Crippen molar-refractivity contribution in [3.05, 3.63) is 62.6 Å². The summed E-state index contributed by atoms with van der Waals surface area (Å²) in [5.41, 5.74) is 1.02. The molecule has 9 heteroatoms. The molecule has 152 valence electrons. The third-order valence-corrected chi connectivity index (χ3v) is 4.68. The number of esters is 1. The van der Waals surface area contributed by atoms with E-state index in [-0.39, 0.29) is 29.9 Å². The van der Waals surface area contributed by atoms with Crippen LogP contribution in [0.1, 0.15) is 29.3 Å². The van der Waals surface area contributed by atoms with Gasteiger partial charge >= 0.3 is 11.7 Å². The monoisotopic (exact) mass is 398 g/mol. The highest BCUT2D eigenvalue weighted by Crippen LogP contribution is 2.10. The van der Waals surface area contributed by atoms with Gasteiger partial charge in [0, 0.05) is 19.7 Å². The molecule has 0 N–H and O–H groups in total. The van der Waals surface area contributed by atoms with Crippen LogP contribution in [-0.2, 0) is 30.2 Å². The second kappa shape index (κ2) is 7.86. The normalized spacial score (nSPS) is 12.1. The molecule has 0 amide bonds. The van der Waals surface area contributed by atoms with Gasteiger partial charge in [-0.1, -0.05) is 29.8 Å². The average molecular weight is 398 g/mol. The maximum Gasteiger partial charge on any atom is 0.332 e. The number of nitrogens with zero attached hydrogens (tertiary/aromatic N) is 4. The van der Waals surface area contributed by atoms with Gasteiger partial charge in [-0.3, -0.25) is 23.5 Å². The highest BCUT2D eigenvalue weighted by molar-refractivity contribution is 6.05. The van der Waals surface area contributed by atoms with Gasteiger partial charge in [0.25, 0.3) is 5.56 Å². The molecular weight excluding hydrogens is 376 g/mol. The Bertz CT molecular complexity index is 1200. The number of fused-ring (bicyclic) bond motifs is 1. The lowest BCUT2D eigenvalue weighted by atomic mass is 10.1. The zero-order valence-electron chi connectivity index (χ0n) is 16.7. The number of aryl methyl sites for hydroxylation is 2. The molecule has 2 heterocycles. The molecule has 0 radical (unpaired) electrons. The number of Topliss-reactive ketones (excluding diaryl/α,β-unsaturated/α-hetero) is 1. The topological polar surface area (TPSA) is 105 Å². The fourth-order valence-corrected chi connectivity index (χ4v) is 3.09. The lowest BCUT2D eigenvalue weighted by molar-refractivity contribution is -0.147. The SMILES string of the molecule is Cc1ccc(C(=O)CC(=O)OC(C)Cn2cnc3c2c(=O)n(C)c(=O)n3C)cc1. The van der Waals surface area contributed by atoms with Crippen LogP contribution in [0, 0.1) is 6.92 Å². The van der Waals surface area contributed by atoms with Gasteiger partial charge in [0.2, 0.25) is 0 Å². The Balaban J connectivity index is 1.71. The number of hydrogen-bond acceptors (Lipinski definition) is 6. The van der Waals surface area contributed by atoms with Crippen LogP contribution in [0.5, 0.6) is 0 Å². The summed E-state index contributed by atoms with van der Waals surface area (Å²) in [6, 6.07) is 6.95. The molecule has 3 rings (SSSR count). The van der Waals surface area contributed by atoms with Gasteiger partial charge in [-0.25, -0.2) is 9.78 Å². The number of ether oxygens (including phenoxy) is 1. The number of aromatic nitrogens is 4. The summed E-state index contributed by atoms with van der Waals surface area (Å²) < 4.78 is 9.14. The van der Waals surface area contributed by atoms with E-state index in [4.69, 9.17) is 4.74 Å². The summed E-state index contributed by atoms with van der Waals surface area (Å²) in [6.07, 6.45) is 0.453. The second-order valence-electron chi connectivity index (χ2n) is 7.04. The maximum atomic E-state index is 12.4. The Morgan fingerprint density at radius 2 is 1.76 bits per heavy atom. The van der Waals surface area contributed by atoms with E-state index in [0.717, 1.165) is 10.1 Å². The number of ketones is 1. The molecule has 0 bridgehead atoms. The largest absolute Gasteiger partial charge is 0.460 e. The first-order valence-electron chi connectivity index (χ1n) is 9.09. The zero-order chi connectivity index (χ0) is 21.3. The van der Waals surface area contributed by atoms with Gasteiger partial charge in [0.15, 0.2) is 16.9 Å². The Morgan fingerprint density at radius 3 is 2.41 bits per heavy atom. The summed E-state index contributed by atoms with van der Waals surface area (Å²) in [7, 11) is 2.92. The minimum Gasteiger partial charge on any atom is -0.460 e. The smallest absolute Gasteiger partial charge is 0.332 e. The second-order valence-corrected chi connectivity index (χ2v) is 7.04. The fourth-order valence-electron chi connectivity index (χ4n) is 3.09. The predicted octanol–water partition coefficient (Wildman–Crippen LogP) is 0.947. The highest BCUT2D eigenvalue weighted by atomic mass is 16.5. The number of rotatable bonds is 6. The maximum absolute atomic E-state index is 12.4. The molecule has 0 aliphatic heterocycles. The molecular formula is C20H22N4O5. The first kappa shape index (κ1) is 20.2. The van der Waals surface area contributed by atoms with Crippen LogP contribution in [0.3, 0.4) is 0 Å². The van der Waals surface area contributed by atoms with Crippen molar-refractivity contribution in [2.75, 3.05) is 0 Å². The van der Waals surface area contributed by atoms with Crippen molar-refractivity contribution >= 4 is 22.9 Å². The van der Waals surface area contributed by atoms with Crippen LogP contribution in [0.25, 0.3) is 11.2 Å². The van der Waals surface area contributed by atoms with Crippen LogP contribution < -0.4 is 11.2 Å². The van der Waals surface area contributed by atoms with E-state index in [9.17, 15) is 19.2 Å². The summed E-state index contributed by atoms with van der Waals surface area (Å²) in [6.45, 7) is 3.73. The molecule has 29 heavy (non-hydrogen) atoms. The van der Waals surface area contributed by atoms with Crippen molar-refractivity contribution in [1.82, 2.24) is 18.7 Å². The predicted molar refractivity (Wildman–Crippen MR) is 106 cm³/mol. The van der Waals surface area contributed by atoms with E-state index >= 15 is 0 Å². The third-order valence-electron chi connectivity index (χ3n) is 4.68. The van der Waals surface area contributed by atoms with Crippen molar-refractivity contribution in [2.24, 2.45) is 14.1 Å². The molecule has 0 aliphatic rings. The van der Waals surface area contributed by atoms with Crippen molar-refractivity contribution in [1.29, 1.82) is 0 Å². The van der Waals surface area contributed by atoms with Crippen molar-refractivity contribution in [3.63, 3.8) is 0 Å². The minimum absolute atomic E-state index is 0.161. The van der Waals surface area contributed by atoms with Crippen LogP contribution in [-0.4, -0.2) is 36.5 Å². The number of imidazole rings is 1. The summed E-state index contributed by atoms with van der Waals surface area (Å²) >= 11 is 0. The fraction of sp³-hybridized carbons (Fsp3) is 0.350. The van der Waals surface area contributed by atoms with Gasteiger partial charge in [-0.15, -0.1) is 0 Å². The summed E-state index contributed by atoms with van der Waals surface area (Å²) in [5, 5.41) is 0. The van der Waals surface area contributed by atoms with E-state index in [1.165, 1.54) is 29.6 Å². The Morgan fingerprint density at radius 1 is 1.10 bits per heavy atom. The Kier molecular flexibility index (Phi) is 5.49. The molecule has 9 nitrogen and oxygen atoms in total. The van der Waals surface area contributed by atoms with Gasteiger partial charge in [-0.05, 0) is 13.8 Å². The van der Waals surface area contributed by atoms with Gasteiger partial charge < -0.3 is 9.30 Å². The first-order valence-corrected chi connectivity index (χ1v) is 9.09. The lowest BCUT2D eigenvalue weighted by Gasteiger charge is -2.14. The number of carbonyl (C=O) groups is 2. The van der Waals surface area contributed by atoms with Gasteiger partial charge in [-0.2, -0.15) is 0 Å². The summed E-state index contributed by atoms with van der Waals surface area (Å²) in [5.74, 6) is -0.966. The molecule has 0 saturated carbocycles. The molecule has 1 aromatic carbocycles. The van der Waals surface area contributed by atoms with Crippen molar-refractivity contribution in [2.45, 2.75) is 32.9 Å². The van der Waals surface area contributed by atoms with E-state index < -0.39 is 23.3 Å². The number of carbonyl (C=O) groups excluding carboxylic acids is 2.